The molecular formula is C25H39NO2. The van der Waals surface area contributed by atoms with E-state index in [1.807, 2.05) is 0 Å². The first-order valence-corrected chi connectivity index (χ1v) is 11.8. The second kappa shape index (κ2) is 11.6. The van der Waals surface area contributed by atoms with Gasteiger partial charge in [-0.05, 0) is 50.7 Å². The number of carboxylic acid groups (broad SMARTS) is 1. The van der Waals surface area contributed by atoms with Gasteiger partial charge >= 0.3 is 5.97 Å². The molecular weight excluding hydrogens is 346 g/mol. The average molecular weight is 386 g/mol. The molecule has 3 aliphatic rings. The number of carboxylic acids is 1. The van der Waals surface area contributed by atoms with Crippen LogP contribution in [-0.2, 0) is 0 Å². The zero-order valence-corrected chi connectivity index (χ0v) is 17.5. The van der Waals surface area contributed by atoms with Crippen LogP contribution in [0.3, 0.4) is 0 Å². The monoisotopic (exact) mass is 385 g/mol. The molecule has 0 radical (unpaired) electrons. The van der Waals surface area contributed by atoms with Gasteiger partial charge in [0.2, 0.25) is 0 Å². The molecule has 3 saturated carbocycles. The first-order chi connectivity index (χ1) is 13.8. The quantitative estimate of drug-likeness (QED) is 0.629. The van der Waals surface area contributed by atoms with Crippen LogP contribution in [0, 0.1) is 0 Å². The molecule has 3 heteroatoms. The molecule has 0 unspecified atom stereocenters. The predicted molar refractivity (Wildman–Crippen MR) is 116 cm³/mol. The van der Waals surface area contributed by atoms with E-state index in [2.05, 4.69) is 4.90 Å². The van der Waals surface area contributed by atoms with Gasteiger partial charge in [-0.1, -0.05) is 76.0 Å². The summed E-state index contributed by atoms with van der Waals surface area (Å²) >= 11 is 0. The maximum absolute atomic E-state index is 10.2. The van der Waals surface area contributed by atoms with Gasteiger partial charge < -0.3 is 5.11 Å². The predicted octanol–water partition coefficient (Wildman–Crippen LogP) is 6.67. The Balaban J connectivity index is 0.000000211. The van der Waals surface area contributed by atoms with E-state index in [9.17, 15) is 4.79 Å². The van der Waals surface area contributed by atoms with Crippen molar-refractivity contribution in [2.24, 2.45) is 0 Å². The van der Waals surface area contributed by atoms with E-state index in [-0.39, 0.29) is 0 Å². The van der Waals surface area contributed by atoms with Crippen molar-refractivity contribution in [3.05, 3.63) is 35.9 Å². The van der Waals surface area contributed by atoms with Gasteiger partial charge in [0.15, 0.2) is 0 Å². The summed E-state index contributed by atoms with van der Waals surface area (Å²) < 4.78 is 0. The molecule has 0 aliphatic heterocycles. The molecule has 0 spiro atoms. The molecule has 0 bridgehead atoms. The highest BCUT2D eigenvalue weighted by Gasteiger charge is 2.34. The lowest BCUT2D eigenvalue weighted by Crippen LogP contribution is -2.51. The highest BCUT2D eigenvalue weighted by molar-refractivity contribution is 5.87. The molecule has 28 heavy (non-hydrogen) atoms. The van der Waals surface area contributed by atoms with Gasteiger partial charge in [-0.2, -0.15) is 0 Å². The third-order valence-corrected chi connectivity index (χ3v) is 7.01. The maximum atomic E-state index is 10.2. The van der Waals surface area contributed by atoms with Gasteiger partial charge in [-0.3, -0.25) is 4.90 Å². The molecule has 3 aliphatic carbocycles. The summed E-state index contributed by atoms with van der Waals surface area (Å²) in [5.41, 5.74) is 0.331. The Morgan fingerprint density at radius 2 is 1.00 bits per heavy atom. The highest BCUT2D eigenvalue weighted by atomic mass is 16.4. The SMILES string of the molecule is C1CCC(N(C2CCCCC2)C2CCCCC2)CC1.O=C(O)c1ccccc1. The van der Waals surface area contributed by atoms with Gasteiger partial charge in [0.1, 0.15) is 0 Å². The zero-order valence-electron chi connectivity index (χ0n) is 17.5. The Hall–Kier alpha value is -1.35. The van der Waals surface area contributed by atoms with E-state index in [1.165, 1.54) is 96.3 Å². The molecule has 0 amide bonds. The van der Waals surface area contributed by atoms with Gasteiger partial charge in [-0.15, -0.1) is 0 Å². The lowest BCUT2D eigenvalue weighted by atomic mass is 9.84. The lowest BCUT2D eigenvalue weighted by Gasteiger charge is -2.47. The number of carbonyl (C=O) groups is 1. The van der Waals surface area contributed by atoms with Gasteiger partial charge in [0.05, 0.1) is 5.56 Å². The van der Waals surface area contributed by atoms with Crippen molar-refractivity contribution < 1.29 is 9.90 Å². The Labute approximate surface area is 171 Å². The Morgan fingerprint density at radius 3 is 1.29 bits per heavy atom. The Kier molecular flexibility index (Phi) is 8.85. The molecule has 1 N–H and O–H groups in total. The molecule has 3 nitrogen and oxygen atoms in total. The fourth-order valence-corrected chi connectivity index (χ4v) is 5.61. The number of hydrogen-bond donors (Lipinski definition) is 1. The highest BCUT2D eigenvalue weighted by Crippen LogP contribution is 2.35. The van der Waals surface area contributed by atoms with Crippen LogP contribution in [0.2, 0.25) is 0 Å². The van der Waals surface area contributed by atoms with E-state index in [0.717, 1.165) is 18.1 Å². The summed E-state index contributed by atoms with van der Waals surface area (Å²) in [5, 5.41) is 8.38. The van der Waals surface area contributed by atoms with Crippen molar-refractivity contribution in [2.45, 2.75) is 114 Å². The van der Waals surface area contributed by atoms with Gasteiger partial charge in [0, 0.05) is 18.1 Å². The van der Waals surface area contributed by atoms with Gasteiger partial charge in [-0.25, -0.2) is 4.79 Å². The molecule has 156 valence electrons. The normalized spacial score (nSPS) is 22.5. The minimum Gasteiger partial charge on any atom is -0.478 e. The van der Waals surface area contributed by atoms with Crippen LogP contribution in [0.4, 0.5) is 0 Å². The molecule has 1 aromatic carbocycles. The molecule has 0 atom stereocenters. The maximum Gasteiger partial charge on any atom is 0.335 e. The third kappa shape index (κ3) is 6.34. The fraction of sp³-hybridized carbons (Fsp3) is 0.720. The number of hydrogen-bond acceptors (Lipinski definition) is 2. The second-order valence-electron chi connectivity index (χ2n) is 8.99. The average Bonchev–Trinajstić information content (AvgIpc) is 2.77. The number of nitrogens with zero attached hydrogens (tertiary/aromatic N) is 1. The molecule has 3 fully saturated rings. The topological polar surface area (TPSA) is 40.5 Å². The largest absolute Gasteiger partial charge is 0.478 e. The fourth-order valence-electron chi connectivity index (χ4n) is 5.61. The number of aromatic carboxylic acids is 1. The molecule has 0 aromatic heterocycles. The third-order valence-electron chi connectivity index (χ3n) is 7.01. The van der Waals surface area contributed by atoms with Crippen LogP contribution in [0.15, 0.2) is 30.3 Å². The summed E-state index contributed by atoms with van der Waals surface area (Å²) in [6.45, 7) is 0. The molecule has 4 rings (SSSR count). The van der Waals surface area contributed by atoms with Crippen molar-refractivity contribution in [1.29, 1.82) is 0 Å². The summed E-state index contributed by atoms with van der Waals surface area (Å²) in [7, 11) is 0. The van der Waals surface area contributed by atoms with E-state index >= 15 is 0 Å². The van der Waals surface area contributed by atoms with Crippen molar-refractivity contribution in [3.63, 3.8) is 0 Å². The van der Waals surface area contributed by atoms with Gasteiger partial charge in [0.25, 0.3) is 0 Å². The summed E-state index contributed by atoms with van der Waals surface area (Å²) in [4.78, 5) is 13.3. The standard InChI is InChI=1S/C18H33N.C7H6O2/c1-4-10-16(11-5-1)19(17-12-6-2-7-13-17)18-14-8-3-9-15-18;8-7(9)6-4-2-1-3-5-6/h16-18H,1-15H2;1-5H,(H,8,9). The van der Waals surface area contributed by atoms with Crippen LogP contribution in [0.5, 0.6) is 0 Å². The van der Waals surface area contributed by atoms with Crippen molar-refractivity contribution in [1.82, 2.24) is 4.90 Å². The van der Waals surface area contributed by atoms with E-state index < -0.39 is 5.97 Å². The molecule has 0 saturated heterocycles. The Bertz CT molecular complexity index is 512. The van der Waals surface area contributed by atoms with Crippen LogP contribution in [-0.4, -0.2) is 34.1 Å². The van der Waals surface area contributed by atoms with E-state index in [4.69, 9.17) is 5.11 Å². The first kappa shape index (κ1) is 21.4. The molecule has 0 heterocycles. The van der Waals surface area contributed by atoms with Crippen LogP contribution >= 0.6 is 0 Å². The summed E-state index contributed by atoms with van der Waals surface area (Å²) in [5.74, 6) is -0.879. The first-order valence-electron chi connectivity index (χ1n) is 11.8. The van der Waals surface area contributed by atoms with Crippen LogP contribution in [0.25, 0.3) is 0 Å². The lowest BCUT2D eigenvalue weighted by molar-refractivity contribution is 0.0221. The Morgan fingerprint density at radius 1 is 0.643 bits per heavy atom. The smallest absolute Gasteiger partial charge is 0.335 e. The summed E-state index contributed by atoms with van der Waals surface area (Å²) in [6, 6.07) is 11.2. The second-order valence-corrected chi connectivity index (χ2v) is 8.99. The van der Waals surface area contributed by atoms with E-state index in [1.54, 1.807) is 30.3 Å². The van der Waals surface area contributed by atoms with Crippen molar-refractivity contribution in [3.8, 4) is 0 Å². The van der Waals surface area contributed by atoms with Crippen molar-refractivity contribution in [2.75, 3.05) is 0 Å². The van der Waals surface area contributed by atoms with Crippen LogP contribution < -0.4 is 0 Å². The minimum absolute atomic E-state index is 0.331. The van der Waals surface area contributed by atoms with E-state index in [0.29, 0.717) is 5.56 Å². The summed E-state index contributed by atoms with van der Waals surface area (Å²) in [6.07, 6.45) is 22.5. The zero-order chi connectivity index (χ0) is 19.6. The van der Waals surface area contributed by atoms with Crippen LogP contribution in [0.1, 0.15) is 107 Å². The number of rotatable bonds is 4. The van der Waals surface area contributed by atoms with Crippen molar-refractivity contribution >= 4 is 5.97 Å². The number of benzene rings is 1. The molecule has 1 aromatic rings. The minimum atomic E-state index is -0.879.